The van der Waals surface area contributed by atoms with Gasteiger partial charge < -0.3 is 26.3 Å². The van der Waals surface area contributed by atoms with Crippen LogP contribution in [0.25, 0.3) is 21.8 Å². The van der Waals surface area contributed by atoms with E-state index in [1.54, 1.807) is 0 Å². The molecule has 0 saturated heterocycles. The Balaban J connectivity index is 0.000000144. The van der Waals surface area contributed by atoms with Crippen LogP contribution in [0.2, 0.25) is 0 Å². The number of halogens is 2. The summed E-state index contributed by atoms with van der Waals surface area (Å²) >= 11 is 7.25. The molecule has 5 aromatic carbocycles. The topological polar surface area (TPSA) is 81.7 Å². The van der Waals surface area contributed by atoms with Crippen molar-refractivity contribution in [3.8, 4) is 0 Å². The summed E-state index contributed by atoms with van der Waals surface area (Å²) in [4.78, 5) is 7.39. The fraction of sp³-hybridized carbons (Fsp3) is 0.306. The van der Waals surface area contributed by atoms with Crippen LogP contribution in [-0.4, -0.2) is 9.97 Å². The molecule has 290 valence electrons. The Bertz CT molecular complexity index is 2340. The van der Waals surface area contributed by atoms with Crippen molar-refractivity contribution in [2.45, 2.75) is 90.5 Å². The lowest BCUT2D eigenvalue weighted by Crippen LogP contribution is -2.33. The van der Waals surface area contributed by atoms with Gasteiger partial charge in [0.15, 0.2) is 0 Å². The number of aromatic amines is 2. The van der Waals surface area contributed by atoms with Crippen LogP contribution in [0.5, 0.6) is 0 Å². The van der Waals surface area contributed by atoms with Gasteiger partial charge in [-0.25, -0.2) is 0 Å². The monoisotopic (exact) mass is 871 g/mol. The number of rotatable bonds is 7. The number of nitrogens with two attached hydrogens (primary N) is 1. The summed E-state index contributed by atoms with van der Waals surface area (Å²) in [5.74, 6) is 0. The molecule has 6 N–H and O–H groups in total. The van der Waals surface area contributed by atoms with Gasteiger partial charge in [0.2, 0.25) is 0 Å². The Morgan fingerprint density at radius 1 is 0.625 bits per heavy atom. The van der Waals surface area contributed by atoms with Crippen LogP contribution in [0.4, 0.5) is 0 Å². The molecule has 0 spiro atoms. The predicted molar refractivity (Wildman–Crippen MR) is 243 cm³/mol. The van der Waals surface area contributed by atoms with Crippen molar-refractivity contribution in [1.29, 1.82) is 0 Å². The highest BCUT2D eigenvalue weighted by Crippen LogP contribution is 2.46. The van der Waals surface area contributed by atoms with E-state index in [4.69, 9.17) is 5.73 Å². The molecule has 7 aromatic rings. The van der Waals surface area contributed by atoms with Crippen LogP contribution in [0.15, 0.2) is 136 Å². The molecule has 2 aromatic heterocycles. The van der Waals surface area contributed by atoms with Crippen LogP contribution in [0, 0.1) is 5.41 Å². The summed E-state index contributed by atoms with van der Waals surface area (Å²) in [5, 5.41) is 10.3. The number of H-pyrrole nitrogens is 2. The molecule has 0 amide bonds. The number of hydrogen-bond donors (Lipinski definition) is 5. The zero-order valence-corrected chi connectivity index (χ0v) is 36.2. The molecular formula is C49H55Br2N5. The Morgan fingerprint density at radius 3 is 1.68 bits per heavy atom. The molecule has 2 aliphatic rings. The molecule has 2 unspecified atom stereocenters. The maximum absolute atomic E-state index is 5.35. The Kier molecular flexibility index (Phi) is 12.7. The number of nitrogens with one attached hydrogen (secondary N) is 4. The molecule has 2 heterocycles. The normalized spacial score (nSPS) is 17.9. The summed E-state index contributed by atoms with van der Waals surface area (Å²) in [5.41, 5.74) is 17.9. The van der Waals surface area contributed by atoms with E-state index in [0.29, 0.717) is 24.0 Å². The van der Waals surface area contributed by atoms with Crippen molar-refractivity contribution < 1.29 is 0 Å². The number of benzene rings is 5. The van der Waals surface area contributed by atoms with E-state index in [1.165, 1.54) is 73.9 Å². The van der Waals surface area contributed by atoms with E-state index < -0.39 is 0 Å². The third-order valence-electron chi connectivity index (χ3n) is 11.4. The van der Waals surface area contributed by atoms with E-state index in [0.717, 1.165) is 34.9 Å². The highest BCUT2D eigenvalue weighted by Gasteiger charge is 2.36. The van der Waals surface area contributed by atoms with Gasteiger partial charge in [-0.15, -0.1) is 0 Å². The van der Waals surface area contributed by atoms with Gasteiger partial charge in [-0.05, 0) is 101 Å². The second-order valence-corrected chi connectivity index (χ2v) is 18.6. The maximum Gasteiger partial charge on any atom is 0.0483 e. The Morgan fingerprint density at radius 2 is 1.12 bits per heavy atom. The van der Waals surface area contributed by atoms with Gasteiger partial charge in [0.1, 0.15) is 0 Å². The van der Waals surface area contributed by atoms with E-state index in [2.05, 4.69) is 177 Å². The summed E-state index contributed by atoms with van der Waals surface area (Å²) < 4.78 is 2.29. The maximum atomic E-state index is 5.35. The zero-order chi connectivity index (χ0) is 39.3. The van der Waals surface area contributed by atoms with Gasteiger partial charge in [-0.1, -0.05) is 151 Å². The highest BCUT2D eigenvalue weighted by atomic mass is 79.9. The molecule has 7 heteroatoms. The number of fused-ring (bicyclic) bond motifs is 6. The summed E-state index contributed by atoms with van der Waals surface area (Å²) in [6, 6.07) is 45.1. The van der Waals surface area contributed by atoms with Crippen LogP contribution in [0.3, 0.4) is 0 Å². The van der Waals surface area contributed by atoms with Gasteiger partial charge in [0.25, 0.3) is 0 Å². The van der Waals surface area contributed by atoms with Crippen LogP contribution in [-0.2, 0) is 31.5 Å². The molecule has 9 rings (SSSR count). The molecule has 0 aliphatic heterocycles. The largest absolute Gasteiger partial charge is 0.357 e. The lowest BCUT2D eigenvalue weighted by atomic mass is 9.72. The van der Waals surface area contributed by atoms with Gasteiger partial charge >= 0.3 is 0 Å². The molecule has 56 heavy (non-hydrogen) atoms. The van der Waals surface area contributed by atoms with E-state index >= 15 is 0 Å². The molecule has 0 saturated carbocycles. The van der Waals surface area contributed by atoms with Crippen molar-refractivity contribution in [3.63, 3.8) is 0 Å². The third kappa shape index (κ3) is 9.58. The fourth-order valence-corrected chi connectivity index (χ4v) is 9.27. The Labute approximate surface area is 349 Å². The number of hydrogen-bond acceptors (Lipinski definition) is 3. The first kappa shape index (κ1) is 40.2. The van der Waals surface area contributed by atoms with Crippen LogP contribution < -0.4 is 16.4 Å². The minimum absolute atomic E-state index is 0.208. The molecule has 2 atom stereocenters. The summed E-state index contributed by atoms with van der Waals surface area (Å²) in [6.45, 7) is 11.9. The minimum atomic E-state index is 0.208. The zero-order valence-electron chi connectivity index (χ0n) is 33.1. The number of aromatic nitrogens is 2. The smallest absolute Gasteiger partial charge is 0.0483 e. The quantitative estimate of drug-likeness (QED) is 0.111. The highest BCUT2D eigenvalue weighted by molar-refractivity contribution is 9.10. The van der Waals surface area contributed by atoms with E-state index in [-0.39, 0.29) is 5.41 Å². The SMILES string of the molecule is CC1(C)CCC(NCc2ccccc2)c2[nH]c3ccc(Br)cc3c21.CC1(C)Cc2c([nH]c3ccc(Br)cc23)C(NCc2ccccc2)C1.NCc1ccccc1. The van der Waals surface area contributed by atoms with Crippen molar-refractivity contribution in [1.82, 2.24) is 20.6 Å². The standard InChI is InChI=1S/2C21H23BrN2.C7H9N/c1-21(2)11-17-16-10-15(22)8-9-18(16)24-20(17)19(12-21)23-13-14-6-4-3-5-7-14;1-21(2)11-10-18(23-13-14-6-4-3-5-7-14)20-19(21)16-12-15(22)8-9-17(16)24-20;8-6-7-4-2-1-3-5-7/h3-10,19,23-24H,11-13H2,1-2H3;3-9,12,18,23-24H,10-11,13H2,1-2H3;1-5H,6,8H2. The second-order valence-electron chi connectivity index (χ2n) is 16.8. The average molecular weight is 874 g/mol. The van der Waals surface area contributed by atoms with Gasteiger partial charge in [0.05, 0.1) is 0 Å². The lowest BCUT2D eigenvalue weighted by Gasteiger charge is -2.36. The first-order valence-electron chi connectivity index (χ1n) is 19.9. The van der Waals surface area contributed by atoms with Crippen LogP contribution in [0.1, 0.15) is 98.2 Å². The Hall–Kier alpha value is -3.98. The molecular weight excluding hydrogens is 818 g/mol. The lowest BCUT2D eigenvalue weighted by molar-refractivity contribution is 0.255. The van der Waals surface area contributed by atoms with Gasteiger partial charge in [-0.2, -0.15) is 0 Å². The molecule has 0 radical (unpaired) electrons. The molecule has 0 bridgehead atoms. The first-order chi connectivity index (χ1) is 27.0. The summed E-state index contributed by atoms with van der Waals surface area (Å²) in [7, 11) is 0. The molecule has 0 fully saturated rings. The average Bonchev–Trinajstić information content (AvgIpc) is 3.77. The van der Waals surface area contributed by atoms with Crippen molar-refractivity contribution in [2.24, 2.45) is 11.1 Å². The molecule has 2 aliphatic carbocycles. The molecule has 5 nitrogen and oxygen atoms in total. The van der Waals surface area contributed by atoms with E-state index in [1.807, 2.05) is 30.3 Å². The van der Waals surface area contributed by atoms with Crippen molar-refractivity contribution in [2.75, 3.05) is 0 Å². The van der Waals surface area contributed by atoms with E-state index in [9.17, 15) is 0 Å². The first-order valence-corrected chi connectivity index (χ1v) is 21.5. The van der Waals surface area contributed by atoms with Gasteiger partial charge in [0, 0.05) is 73.9 Å². The van der Waals surface area contributed by atoms with Gasteiger partial charge in [-0.3, -0.25) is 0 Å². The minimum Gasteiger partial charge on any atom is -0.357 e. The fourth-order valence-electron chi connectivity index (χ4n) is 8.55. The second kappa shape index (κ2) is 17.7. The third-order valence-corrected chi connectivity index (χ3v) is 12.4. The predicted octanol–water partition coefficient (Wildman–Crippen LogP) is 12.7. The summed E-state index contributed by atoms with van der Waals surface area (Å²) in [6.07, 6.45) is 4.65. The van der Waals surface area contributed by atoms with Crippen molar-refractivity contribution in [3.05, 3.63) is 176 Å². The van der Waals surface area contributed by atoms with Crippen molar-refractivity contribution >= 4 is 53.7 Å². The van der Waals surface area contributed by atoms with Crippen LogP contribution >= 0.6 is 31.9 Å².